The molecule has 164 valence electrons. The van der Waals surface area contributed by atoms with Gasteiger partial charge >= 0.3 is 0 Å². The highest BCUT2D eigenvalue weighted by Gasteiger charge is 2.21. The summed E-state index contributed by atoms with van der Waals surface area (Å²) in [6.45, 7) is 12.2. The average Bonchev–Trinajstić information content (AvgIpc) is 3.24. The maximum Gasteiger partial charge on any atom is 0.250 e. The van der Waals surface area contributed by atoms with Gasteiger partial charge in [-0.2, -0.15) is 4.37 Å². The number of unbranched alkanes of at least 4 members (excludes halogenated alkanes) is 1. The van der Waals surface area contributed by atoms with E-state index in [9.17, 15) is 4.79 Å². The molecule has 0 aliphatic carbocycles. The fourth-order valence-corrected chi connectivity index (χ4v) is 4.33. The molecule has 0 unspecified atom stereocenters. The fraction of sp³-hybridized carbons (Fsp3) is 0.619. The maximum absolute atomic E-state index is 12.0. The average molecular weight is 432 g/mol. The van der Waals surface area contributed by atoms with Crippen molar-refractivity contribution in [2.45, 2.75) is 46.6 Å². The highest BCUT2D eigenvalue weighted by atomic mass is 32.1. The Labute approximate surface area is 182 Å². The lowest BCUT2D eigenvalue weighted by Gasteiger charge is -2.36. The van der Waals surface area contributed by atoms with Gasteiger partial charge in [-0.15, -0.1) is 0 Å². The van der Waals surface area contributed by atoms with Gasteiger partial charge in [0, 0.05) is 75.5 Å². The first-order chi connectivity index (χ1) is 14.6. The fourth-order valence-electron chi connectivity index (χ4n) is 3.53. The Morgan fingerprint density at radius 3 is 2.67 bits per heavy atom. The molecule has 2 aromatic rings. The standard InChI is InChI=1S/C21H33N7OS/c1-4-18-24-21(30-25-18)27-15-13-26(14-16-27)20(22-5-2)23-11-6-7-12-28-17(3)9-8-10-19(28)29/h8-10H,4-7,11-16H2,1-3H3,(H,22,23). The second-order valence-corrected chi connectivity index (χ2v) is 8.15. The molecule has 9 heteroatoms. The predicted molar refractivity (Wildman–Crippen MR) is 124 cm³/mol. The summed E-state index contributed by atoms with van der Waals surface area (Å²) < 4.78 is 6.24. The highest BCUT2D eigenvalue weighted by Crippen LogP contribution is 2.19. The molecule has 0 atom stereocenters. The third-order valence-electron chi connectivity index (χ3n) is 5.28. The second-order valence-electron chi connectivity index (χ2n) is 7.42. The molecule has 0 spiro atoms. The molecule has 0 bridgehead atoms. The summed E-state index contributed by atoms with van der Waals surface area (Å²) in [5.41, 5.74) is 1.09. The molecule has 1 fully saturated rings. The van der Waals surface area contributed by atoms with Gasteiger partial charge in [0.05, 0.1) is 0 Å². The van der Waals surface area contributed by atoms with Gasteiger partial charge in [0.1, 0.15) is 5.82 Å². The van der Waals surface area contributed by atoms with Crippen LogP contribution in [0.3, 0.4) is 0 Å². The number of aryl methyl sites for hydroxylation is 2. The number of anilines is 1. The molecular weight excluding hydrogens is 398 g/mol. The Bertz CT molecular complexity index is 883. The van der Waals surface area contributed by atoms with Crippen LogP contribution in [0, 0.1) is 6.92 Å². The minimum Gasteiger partial charge on any atom is -0.357 e. The molecule has 2 aromatic heterocycles. The van der Waals surface area contributed by atoms with Crippen LogP contribution in [-0.2, 0) is 13.0 Å². The van der Waals surface area contributed by atoms with Crippen molar-refractivity contribution >= 4 is 22.6 Å². The number of pyridine rings is 1. The van der Waals surface area contributed by atoms with E-state index in [1.165, 1.54) is 11.5 Å². The molecule has 1 saturated heterocycles. The van der Waals surface area contributed by atoms with E-state index in [2.05, 4.69) is 38.3 Å². The van der Waals surface area contributed by atoms with Gasteiger partial charge < -0.3 is 19.7 Å². The second kappa shape index (κ2) is 11.1. The molecule has 0 amide bonds. The Morgan fingerprint density at radius 1 is 1.20 bits per heavy atom. The topological polar surface area (TPSA) is 78.7 Å². The Morgan fingerprint density at radius 2 is 2.00 bits per heavy atom. The number of piperazine rings is 1. The number of aliphatic imine (C=N–C) groups is 1. The van der Waals surface area contributed by atoms with Crippen LogP contribution >= 0.6 is 11.5 Å². The van der Waals surface area contributed by atoms with Gasteiger partial charge in [-0.3, -0.25) is 9.79 Å². The number of guanidine groups is 1. The van der Waals surface area contributed by atoms with Crippen LogP contribution in [0.2, 0.25) is 0 Å². The van der Waals surface area contributed by atoms with E-state index in [0.717, 1.165) is 87.7 Å². The molecule has 0 saturated carbocycles. The zero-order chi connectivity index (χ0) is 21.3. The number of hydrogen-bond acceptors (Lipinski definition) is 6. The summed E-state index contributed by atoms with van der Waals surface area (Å²) in [7, 11) is 0. The van der Waals surface area contributed by atoms with Crippen molar-refractivity contribution in [3.63, 3.8) is 0 Å². The SMILES string of the molecule is CCNC(=NCCCCn1c(C)cccc1=O)N1CCN(c2nc(CC)ns2)CC1. The number of nitrogens with one attached hydrogen (secondary N) is 1. The molecule has 30 heavy (non-hydrogen) atoms. The van der Waals surface area contributed by atoms with Crippen molar-refractivity contribution in [3.05, 3.63) is 40.1 Å². The van der Waals surface area contributed by atoms with Crippen LogP contribution in [0.15, 0.2) is 28.0 Å². The molecule has 0 radical (unpaired) electrons. The van der Waals surface area contributed by atoms with Crippen LogP contribution < -0.4 is 15.8 Å². The third-order valence-corrected chi connectivity index (χ3v) is 6.09. The number of aromatic nitrogens is 3. The normalized spacial score (nSPS) is 15.0. The Hall–Kier alpha value is -2.42. The van der Waals surface area contributed by atoms with Crippen LogP contribution in [-0.4, -0.2) is 64.1 Å². The third kappa shape index (κ3) is 5.81. The van der Waals surface area contributed by atoms with Crippen LogP contribution in [0.4, 0.5) is 5.13 Å². The van der Waals surface area contributed by atoms with Gasteiger partial charge in [0.15, 0.2) is 5.96 Å². The van der Waals surface area contributed by atoms with Crippen LogP contribution in [0.1, 0.15) is 38.2 Å². The van der Waals surface area contributed by atoms with Gasteiger partial charge in [-0.05, 0) is 32.8 Å². The van der Waals surface area contributed by atoms with Gasteiger partial charge in [0.2, 0.25) is 5.13 Å². The molecule has 0 aromatic carbocycles. The van der Waals surface area contributed by atoms with E-state index in [1.54, 1.807) is 6.07 Å². The van der Waals surface area contributed by atoms with Crippen molar-refractivity contribution in [2.24, 2.45) is 4.99 Å². The Balaban J connectivity index is 1.48. The van der Waals surface area contributed by atoms with E-state index < -0.39 is 0 Å². The molecule has 1 N–H and O–H groups in total. The van der Waals surface area contributed by atoms with E-state index in [4.69, 9.17) is 4.99 Å². The van der Waals surface area contributed by atoms with Crippen LogP contribution in [0.25, 0.3) is 0 Å². The molecule has 1 aliphatic rings. The zero-order valence-electron chi connectivity index (χ0n) is 18.3. The van der Waals surface area contributed by atoms with Crippen molar-refractivity contribution in [3.8, 4) is 0 Å². The maximum atomic E-state index is 12.0. The molecule has 1 aliphatic heterocycles. The first kappa shape index (κ1) is 22.3. The van der Waals surface area contributed by atoms with Crippen LogP contribution in [0.5, 0.6) is 0 Å². The number of hydrogen-bond donors (Lipinski definition) is 1. The van der Waals surface area contributed by atoms with Crippen molar-refractivity contribution in [1.82, 2.24) is 24.1 Å². The minimum atomic E-state index is 0.0752. The lowest BCUT2D eigenvalue weighted by atomic mass is 10.3. The highest BCUT2D eigenvalue weighted by molar-refractivity contribution is 7.09. The quantitative estimate of drug-likeness (QED) is 0.392. The minimum absolute atomic E-state index is 0.0752. The van der Waals surface area contributed by atoms with Crippen molar-refractivity contribution < 1.29 is 0 Å². The smallest absolute Gasteiger partial charge is 0.250 e. The predicted octanol–water partition coefficient (Wildman–Crippen LogP) is 2.14. The van der Waals surface area contributed by atoms with E-state index >= 15 is 0 Å². The van der Waals surface area contributed by atoms with Gasteiger partial charge in [-0.1, -0.05) is 13.0 Å². The lowest BCUT2D eigenvalue weighted by Crippen LogP contribution is -2.52. The van der Waals surface area contributed by atoms with E-state index in [1.807, 2.05) is 23.6 Å². The monoisotopic (exact) mass is 431 g/mol. The molecule has 8 nitrogen and oxygen atoms in total. The molecule has 3 rings (SSSR count). The summed E-state index contributed by atoms with van der Waals surface area (Å²) in [5.74, 6) is 1.91. The number of rotatable bonds is 8. The summed E-state index contributed by atoms with van der Waals surface area (Å²) in [5, 5.41) is 4.45. The zero-order valence-corrected chi connectivity index (χ0v) is 19.1. The summed E-state index contributed by atoms with van der Waals surface area (Å²) >= 11 is 1.50. The first-order valence-corrected chi connectivity index (χ1v) is 11.7. The summed E-state index contributed by atoms with van der Waals surface area (Å²) in [6, 6.07) is 5.42. The number of nitrogens with zero attached hydrogens (tertiary/aromatic N) is 6. The molecular formula is C21H33N7OS. The van der Waals surface area contributed by atoms with Crippen molar-refractivity contribution in [2.75, 3.05) is 44.2 Å². The lowest BCUT2D eigenvalue weighted by molar-refractivity contribution is 0.372. The largest absolute Gasteiger partial charge is 0.357 e. The summed E-state index contributed by atoms with van der Waals surface area (Å²) in [6.07, 6.45) is 2.78. The van der Waals surface area contributed by atoms with E-state index in [-0.39, 0.29) is 5.56 Å². The van der Waals surface area contributed by atoms with Gasteiger partial charge in [-0.25, -0.2) is 4.98 Å². The Kier molecular flexibility index (Phi) is 8.24. The molecule has 3 heterocycles. The van der Waals surface area contributed by atoms with E-state index in [0.29, 0.717) is 0 Å². The van der Waals surface area contributed by atoms with Crippen molar-refractivity contribution in [1.29, 1.82) is 0 Å². The summed E-state index contributed by atoms with van der Waals surface area (Å²) in [4.78, 5) is 26.0. The van der Waals surface area contributed by atoms with Gasteiger partial charge in [0.25, 0.3) is 5.56 Å². The first-order valence-electron chi connectivity index (χ1n) is 10.9.